The molecule has 132 valence electrons. The summed E-state index contributed by atoms with van der Waals surface area (Å²) < 4.78 is 28.2. The van der Waals surface area contributed by atoms with E-state index in [0.717, 1.165) is 43.4 Å². The van der Waals surface area contributed by atoms with Crippen molar-refractivity contribution < 1.29 is 13.2 Å². The quantitative estimate of drug-likeness (QED) is 0.849. The summed E-state index contributed by atoms with van der Waals surface area (Å²) >= 11 is 0. The van der Waals surface area contributed by atoms with Gasteiger partial charge >= 0.3 is 0 Å². The summed E-state index contributed by atoms with van der Waals surface area (Å²) in [5, 5.41) is 0. The number of sulfonamides is 1. The molecule has 1 aromatic rings. The number of amides is 1. The zero-order valence-electron chi connectivity index (χ0n) is 14.3. The molecule has 3 rings (SSSR count). The first-order valence-electron chi connectivity index (χ1n) is 8.91. The molecule has 2 fully saturated rings. The largest absolute Gasteiger partial charge is 0.312 e. The number of carbonyl (C=O) groups excluding carboxylic acids is 1. The van der Waals surface area contributed by atoms with E-state index in [-0.39, 0.29) is 11.9 Å². The van der Waals surface area contributed by atoms with Crippen LogP contribution in [0.3, 0.4) is 0 Å². The van der Waals surface area contributed by atoms with Crippen molar-refractivity contribution >= 4 is 21.6 Å². The molecule has 24 heavy (non-hydrogen) atoms. The van der Waals surface area contributed by atoms with Crippen LogP contribution in [0.15, 0.2) is 23.1 Å². The molecule has 1 saturated carbocycles. The van der Waals surface area contributed by atoms with Gasteiger partial charge in [-0.05, 0) is 49.9 Å². The number of hydrogen-bond acceptors (Lipinski definition) is 3. The Morgan fingerprint density at radius 2 is 1.79 bits per heavy atom. The van der Waals surface area contributed by atoms with E-state index in [1.807, 2.05) is 6.92 Å². The Labute approximate surface area is 144 Å². The third-order valence-corrected chi connectivity index (χ3v) is 6.54. The molecule has 0 radical (unpaired) electrons. The highest BCUT2D eigenvalue weighted by Crippen LogP contribution is 2.28. The first kappa shape index (κ1) is 17.4. The number of carbonyl (C=O) groups is 1. The van der Waals surface area contributed by atoms with Crippen LogP contribution in [0.4, 0.5) is 5.69 Å². The number of nitrogens with one attached hydrogen (secondary N) is 1. The van der Waals surface area contributed by atoms with Crippen LogP contribution in [-0.2, 0) is 14.8 Å². The molecule has 1 aliphatic heterocycles. The number of anilines is 1. The summed E-state index contributed by atoms with van der Waals surface area (Å²) in [6.07, 6.45) is 7.82. The highest BCUT2D eigenvalue weighted by atomic mass is 32.2. The SMILES string of the molecule is Cc1cc(S(=O)(=O)NC2CCCCCC2)ccc1N1CCCC1=O. The van der Waals surface area contributed by atoms with Gasteiger partial charge in [-0.1, -0.05) is 25.7 Å². The molecule has 0 bridgehead atoms. The van der Waals surface area contributed by atoms with Crippen molar-refractivity contribution in [3.8, 4) is 0 Å². The molecule has 1 saturated heterocycles. The maximum atomic E-state index is 12.7. The summed E-state index contributed by atoms with van der Waals surface area (Å²) in [4.78, 5) is 13.9. The van der Waals surface area contributed by atoms with Gasteiger partial charge in [0.1, 0.15) is 0 Å². The minimum absolute atomic E-state index is 0.0395. The molecular weight excluding hydrogens is 324 g/mol. The zero-order valence-corrected chi connectivity index (χ0v) is 15.1. The maximum absolute atomic E-state index is 12.7. The van der Waals surface area contributed by atoms with Gasteiger partial charge in [0.25, 0.3) is 0 Å². The second-order valence-electron chi connectivity index (χ2n) is 6.91. The zero-order chi connectivity index (χ0) is 17.2. The van der Waals surface area contributed by atoms with Crippen LogP contribution in [0.5, 0.6) is 0 Å². The normalized spacial score (nSPS) is 20.4. The lowest BCUT2D eigenvalue weighted by Gasteiger charge is -2.20. The minimum Gasteiger partial charge on any atom is -0.312 e. The van der Waals surface area contributed by atoms with Crippen molar-refractivity contribution in [3.63, 3.8) is 0 Å². The fourth-order valence-electron chi connectivity index (χ4n) is 3.69. The number of hydrogen-bond donors (Lipinski definition) is 1. The predicted molar refractivity (Wildman–Crippen MR) is 94.6 cm³/mol. The fraction of sp³-hybridized carbons (Fsp3) is 0.611. The summed E-state index contributed by atoms with van der Waals surface area (Å²) in [5.41, 5.74) is 1.65. The average molecular weight is 350 g/mol. The van der Waals surface area contributed by atoms with Gasteiger partial charge < -0.3 is 4.90 Å². The Hall–Kier alpha value is -1.40. The molecule has 1 N–H and O–H groups in total. The van der Waals surface area contributed by atoms with Crippen molar-refractivity contribution in [2.24, 2.45) is 0 Å². The number of benzene rings is 1. The summed E-state index contributed by atoms with van der Waals surface area (Å²) in [6, 6.07) is 5.10. The minimum atomic E-state index is -3.51. The first-order valence-corrected chi connectivity index (χ1v) is 10.4. The van der Waals surface area contributed by atoms with Gasteiger partial charge in [-0.15, -0.1) is 0 Å². The van der Waals surface area contributed by atoms with E-state index in [2.05, 4.69) is 4.72 Å². The molecule has 1 heterocycles. The Morgan fingerprint density at radius 1 is 1.08 bits per heavy atom. The Kier molecular flexibility index (Phi) is 5.25. The Balaban J connectivity index is 1.78. The van der Waals surface area contributed by atoms with E-state index in [0.29, 0.717) is 17.9 Å². The highest BCUT2D eigenvalue weighted by molar-refractivity contribution is 7.89. The van der Waals surface area contributed by atoms with Crippen LogP contribution in [-0.4, -0.2) is 26.9 Å². The maximum Gasteiger partial charge on any atom is 0.240 e. The molecule has 6 heteroatoms. The molecule has 5 nitrogen and oxygen atoms in total. The smallest absolute Gasteiger partial charge is 0.240 e. The van der Waals surface area contributed by atoms with Gasteiger partial charge in [0.05, 0.1) is 4.90 Å². The fourth-order valence-corrected chi connectivity index (χ4v) is 5.08. The number of aryl methyl sites for hydroxylation is 1. The standard InChI is InChI=1S/C18H26N2O3S/c1-14-13-16(10-11-17(14)20-12-6-9-18(20)21)24(22,23)19-15-7-4-2-3-5-8-15/h10-11,13,15,19H,2-9,12H2,1H3. The topological polar surface area (TPSA) is 66.5 Å². The van der Waals surface area contributed by atoms with E-state index in [9.17, 15) is 13.2 Å². The van der Waals surface area contributed by atoms with Crippen LogP contribution in [0.1, 0.15) is 56.9 Å². The molecule has 1 amide bonds. The lowest BCUT2D eigenvalue weighted by molar-refractivity contribution is -0.117. The third kappa shape index (κ3) is 3.81. The molecule has 0 atom stereocenters. The first-order chi connectivity index (χ1) is 11.5. The molecule has 0 aromatic heterocycles. The molecule has 0 unspecified atom stereocenters. The second kappa shape index (κ2) is 7.23. The van der Waals surface area contributed by atoms with Gasteiger partial charge in [-0.25, -0.2) is 13.1 Å². The van der Waals surface area contributed by atoms with Crippen LogP contribution in [0.25, 0.3) is 0 Å². The summed E-state index contributed by atoms with van der Waals surface area (Å²) in [5.74, 6) is 0.116. The second-order valence-corrected chi connectivity index (χ2v) is 8.62. The van der Waals surface area contributed by atoms with Crippen molar-refractivity contribution in [1.29, 1.82) is 0 Å². The van der Waals surface area contributed by atoms with Crippen molar-refractivity contribution in [3.05, 3.63) is 23.8 Å². The molecule has 1 aromatic carbocycles. The monoisotopic (exact) mass is 350 g/mol. The van der Waals surface area contributed by atoms with Crippen LogP contribution < -0.4 is 9.62 Å². The Bertz CT molecular complexity index is 707. The Morgan fingerprint density at radius 3 is 2.38 bits per heavy atom. The summed E-state index contributed by atoms with van der Waals surface area (Å²) in [7, 11) is -3.51. The summed E-state index contributed by atoms with van der Waals surface area (Å²) in [6.45, 7) is 2.58. The average Bonchev–Trinajstić information content (AvgIpc) is 2.80. The number of nitrogens with zero attached hydrogens (tertiary/aromatic N) is 1. The van der Waals surface area contributed by atoms with Crippen LogP contribution in [0.2, 0.25) is 0 Å². The lowest BCUT2D eigenvalue weighted by Crippen LogP contribution is -2.34. The van der Waals surface area contributed by atoms with Crippen LogP contribution in [0, 0.1) is 6.92 Å². The van der Waals surface area contributed by atoms with Crippen molar-refractivity contribution in [2.75, 3.05) is 11.4 Å². The van der Waals surface area contributed by atoms with Crippen molar-refractivity contribution in [2.45, 2.75) is 69.2 Å². The van der Waals surface area contributed by atoms with Gasteiger partial charge in [-0.2, -0.15) is 0 Å². The van der Waals surface area contributed by atoms with Gasteiger partial charge in [-0.3, -0.25) is 4.79 Å². The van der Waals surface area contributed by atoms with E-state index >= 15 is 0 Å². The van der Waals surface area contributed by atoms with E-state index in [1.54, 1.807) is 23.1 Å². The van der Waals surface area contributed by atoms with Gasteiger partial charge in [0.2, 0.25) is 15.9 Å². The molecule has 0 spiro atoms. The van der Waals surface area contributed by atoms with Gasteiger partial charge in [0, 0.05) is 24.7 Å². The van der Waals surface area contributed by atoms with Gasteiger partial charge in [0.15, 0.2) is 0 Å². The lowest BCUT2D eigenvalue weighted by atomic mass is 10.1. The van der Waals surface area contributed by atoms with E-state index in [1.165, 1.54) is 12.8 Å². The predicted octanol–water partition coefficient (Wildman–Crippen LogP) is 3.12. The van der Waals surface area contributed by atoms with Crippen LogP contribution >= 0.6 is 0 Å². The third-order valence-electron chi connectivity index (χ3n) is 5.02. The number of rotatable bonds is 4. The molecule has 2 aliphatic rings. The molecule has 1 aliphatic carbocycles. The highest BCUT2D eigenvalue weighted by Gasteiger charge is 2.25. The van der Waals surface area contributed by atoms with Crippen molar-refractivity contribution in [1.82, 2.24) is 4.72 Å². The van der Waals surface area contributed by atoms with E-state index < -0.39 is 10.0 Å². The molecular formula is C18H26N2O3S. The van der Waals surface area contributed by atoms with E-state index in [4.69, 9.17) is 0 Å².